The summed E-state index contributed by atoms with van der Waals surface area (Å²) in [7, 11) is 1.66. The molecule has 2 N–H and O–H groups in total. The van der Waals surface area contributed by atoms with Crippen molar-refractivity contribution < 1.29 is 4.74 Å². The standard InChI is InChI=1S/C16H14N2O/c1-19-15-12-9-5-6-10-13(12)16(17)18-14(15)11-7-3-2-4-8-11/h2-10H,1H3,(H2,17,18). The van der Waals surface area contributed by atoms with Crippen molar-refractivity contribution in [2.24, 2.45) is 0 Å². The summed E-state index contributed by atoms with van der Waals surface area (Å²) in [5.74, 6) is 1.28. The molecule has 0 aliphatic carbocycles. The molecule has 0 saturated carbocycles. The van der Waals surface area contributed by atoms with Crippen LogP contribution in [-0.2, 0) is 0 Å². The van der Waals surface area contributed by atoms with Crippen LogP contribution in [0.3, 0.4) is 0 Å². The zero-order valence-corrected chi connectivity index (χ0v) is 10.6. The molecule has 94 valence electrons. The average Bonchev–Trinajstić information content (AvgIpc) is 2.48. The highest BCUT2D eigenvalue weighted by atomic mass is 16.5. The van der Waals surface area contributed by atoms with E-state index in [9.17, 15) is 0 Å². The summed E-state index contributed by atoms with van der Waals surface area (Å²) in [4.78, 5) is 4.50. The maximum absolute atomic E-state index is 6.05. The fourth-order valence-corrected chi connectivity index (χ4v) is 2.26. The van der Waals surface area contributed by atoms with Crippen molar-refractivity contribution in [3.05, 3.63) is 54.6 Å². The number of aromatic nitrogens is 1. The minimum Gasteiger partial charge on any atom is -0.494 e. The quantitative estimate of drug-likeness (QED) is 0.757. The predicted octanol–water partition coefficient (Wildman–Crippen LogP) is 3.49. The van der Waals surface area contributed by atoms with Crippen molar-refractivity contribution in [3.8, 4) is 17.0 Å². The summed E-state index contributed by atoms with van der Waals surface area (Å²) < 4.78 is 5.55. The van der Waals surface area contributed by atoms with E-state index in [1.807, 2.05) is 54.6 Å². The third-order valence-corrected chi connectivity index (χ3v) is 3.15. The summed E-state index contributed by atoms with van der Waals surface area (Å²) in [6.07, 6.45) is 0. The number of hydrogen-bond donors (Lipinski definition) is 1. The third kappa shape index (κ3) is 1.89. The number of rotatable bonds is 2. The molecule has 0 atom stereocenters. The molecule has 0 amide bonds. The monoisotopic (exact) mass is 250 g/mol. The summed E-state index contributed by atoms with van der Waals surface area (Å²) >= 11 is 0. The van der Waals surface area contributed by atoms with E-state index in [0.29, 0.717) is 5.82 Å². The fourth-order valence-electron chi connectivity index (χ4n) is 2.26. The number of benzene rings is 2. The lowest BCUT2D eigenvalue weighted by molar-refractivity contribution is 0.420. The molecule has 1 heterocycles. The Morgan fingerprint density at radius 3 is 2.21 bits per heavy atom. The van der Waals surface area contributed by atoms with Gasteiger partial charge in [-0.2, -0.15) is 0 Å². The van der Waals surface area contributed by atoms with Crippen LogP contribution in [0.15, 0.2) is 54.6 Å². The van der Waals surface area contributed by atoms with Crippen LogP contribution >= 0.6 is 0 Å². The molecule has 3 rings (SSSR count). The number of pyridine rings is 1. The van der Waals surface area contributed by atoms with E-state index in [2.05, 4.69) is 4.98 Å². The summed E-state index contributed by atoms with van der Waals surface area (Å²) in [6.45, 7) is 0. The van der Waals surface area contributed by atoms with E-state index in [-0.39, 0.29) is 0 Å². The van der Waals surface area contributed by atoms with E-state index in [0.717, 1.165) is 27.8 Å². The Morgan fingerprint density at radius 2 is 1.53 bits per heavy atom. The van der Waals surface area contributed by atoms with Gasteiger partial charge in [0.1, 0.15) is 11.5 Å². The van der Waals surface area contributed by atoms with Gasteiger partial charge in [0.25, 0.3) is 0 Å². The number of nitrogen functional groups attached to an aromatic ring is 1. The van der Waals surface area contributed by atoms with Crippen LogP contribution in [0.5, 0.6) is 5.75 Å². The second-order valence-electron chi connectivity index (χ2n) is 4.29. The van der Waals surface area contributed by atoms with Gasteiger partial charge in [-0.3, -0.25) is 0 Å². The minimum atomic E-state index is 0.523. The lowest BCUT2D eigenvalue weighted by atomic mass is 10.1. The molecule has 3 heteroatoms. The number of ether oxygens (including phenoxy) is 1. The first-order valence-corrected chi connectivity index (χ1v) is 6.09. The van der Waals surface area contributed by atoms with Gasteiger partial charge in [-0.05, 0) is 0 Å². The van der Waals surface area contributed by atoms with Crippen molar-refractivity contribution >= 4 is 16.6 Å². The second kappa shape index (κ2) is 4.61. The van der Waals surface area contributed by atoms with Crippen LogP contribution in [0, 0.1) is 0 Å². The SMILES string of the molecule is COc1c(-c2ccccc2)nc(N)c2ccccc12. The maximum Gasteiger partial charge on any atom is 0.153 e. The molecule has 0 bridgehead atoms. The number of methoxy groups -OCH3 is 1. The van der Waals surface area contributed by atoms with Gasteiger partial charge in [0.05, 0.1) is 7.11 Å². The van der Waals surface area contributed by atoms with Crippen LogP contribution in [0.2, 0.25) is 0 Å². The molecule has 0 aliphatic heterocycles. The van der Waals surface area contributed by atoms with Crippen LogP contribution < -0.4 is 10.5 Å². The molecule has 19 heavy (non-hydrogen) atoms. The summed E-state index contributed by atoms with van der Waals surface area (Å²) in [5, 5.41) is 1.90. The van der Waals surface area contributed by atoms with Gasteiger partial charge < -0.3 is 10.5 Å². The number of anilines is 1. The Balaban J connectivity index is 2.37. The van der Waals surface area contributed by atoms with E-state index in [4.69, 9.17) is 10.5 Å². The van der Waals surface area contributed by atoms with Crippen LogP contribution in [0.1, 0.15) is 0 Å². The van der Waals surface area contributed by atoms with E-state index >= 15 is 0 Å². The largest absolute Gasteiger partial charge is 0.494 e. The highest BCUT2D eigenvalue weighted by molar-refractivity contribution is 5.99. The Hall–Kier alpha value is -2.55. The van der Waals surface area contributed by atoms with Gasteiger partial charge in [-0.15, -0.1) is 0 Å². The van der Waals surface area contributed by atoms with Crippen molar-refractivity contribution in [2.45, 2.75) is 0 Å². The lowest BCUT2D eigenvalue weighted by Gasteiger charge is -2.12. The van der Waals surface area contributed by atoms with Gasteiger partial charge in [0.15, 0.2) is 5.75 Å². The summed E-state index contributed by atoms with van der Waals surface area (Å²) in [6, 6.07) is 17.8. The molecule has 0 fully saturated rings. The Labute approximate surface area is 111 Å². The fraction of sp³-hybridized carbons (Fsp3) is 0.0625. The Morgan fingerprint density at radius 1 is 0.895 bits per heavy atom. The zero-order valence-electron chi connectivity index (χ0n) is 10.6. The topological polar surface area (TPSA) is 48.1 Å². The van der Waals surface area contributed by atoms with Crippen LogP contribution in [0.4, 0.5) is 5.82 Å². The van der Waals surface area contributed by atoms with Gasteiger partial charge in [-0.25, -0.2) is 4.98 Å². The molecule has 0 saturated heterocycles. The molecule has 1 aromatic heterocycles. The van der Waals surface area contributed by atoms with Crippen molar-refractivity contribution in [1.29, 1.82) is 0 Å². The van der Waals surface area contributed by atoms with Crippen molar-refractivity contribution in [2.75, 3.05) is 12.8 Å². The molecule has 0 unspecified atom stereocenters. The highest BCUT2D eigenvalue weighted by Gasteiger charge is 2.13. The first-order chi connectivity index (χ1) is 9.31. The van der Waals surface area contributed by atoms with E-state index in [1.54, 1.807) is 7.11 Å². The molecule has 0 radical (unpaired) electrons. The van der Waals surface area contributed by atoms with Crippen molar-refractivity contribution in [1.82, 2.24) is 4.98 Å². The normalized spacial score (nSPS) is 10.6. The highest BCUT2D eigenvalue weighted by Crippen LogP contribution is 2.37. The van der Waals surface area contributed by atoms with Gasteiger partial charge in [0, 0.05) is 16.3 Å². The Kier molecular flexibility index (Phi) is 2.80. The van der Waals surface area contributed by atoms with E-state index < -0.39 is 0 Å². The molecular weight excluding hydrogens is 236 g/mol. The maximum atomic E-state index is 6.05. The molecule has 2 aromatic carbocycles. The predicted molar refractivity (Wildman–Crippen MR) is 78.1 cm³/mol. The Bertz CT molecular complexity index is 723. The van der Waals surface area contributed by atoms with Gasteiger partial charge in [0.2, 0.25) is 0 Å². The third-order valence-electron chi connectivity index (χ3n) is 3.15. The molecule has 3 aromatic rings. The zero-order chi connectivity index (χ0) is 13.2. The van der Waals surface area contributed by atoms with Gasteiger partial charge >= 0.3 is 0 Å². The smallest absolute Gasteiger partial charge is 0.153 e. The van der Waals surface area contributed by atoms with Crippen LogP contribution in [0.25, 0.3) is 22.0 Å². The number of fused-ring (bicyclic) bond motifs is 1. The first kappa shape index (κ1) is 11.5. The first-order valence-electron chi connectivity index (χ1n) is 6.09. The van der Waals surface area contributed by atoms with Gasteiger partial charge in [-0.1, -0.05) is 54.6 Å². The lowest BCUT2D eigenvalue weighted by Crippen LogP contribution is -1.98. The molecular formula is C16H14N2O. The minimum absolute atomic E-state index is 0.523. The second-order valence-corrected chi connectivity index (χ2v) is 4.29. The molecule has 0 aliphatic rings. The molecule has 0 spiro atoms. The van der Waals surface area contributed by atoms with E-state index in [1.165, 1.54) is 0 Å². The number of hydrogen-bond acceptors (Lipinski definition) is 3. The average molecular weight is 250 g/mol. The summed E-state index contributed by atoms with van der Waals surface area (Å²) in [5.41, 5.74) is 7.83. The number of nitrogens with two attached hydrogens (primary N) is 1. The van der Waals surface area contributed by atoms with Crippen LogP contribution in [-0.4, -0.2) is 12.1 Å². The molecule has 3 nitrogen and oxygen atoms in total. The number of nitrogens with zero attached hydrogens (tertiary/aromatic N) is 1. The van der Waals surface area contributed by atoms with Crippen molar-refractivity contribution in [3.63, 3.8) is 0 Å².